The van der Waals surface area contributed by atoms with E-state index in [2.05, 4.69) is 22.1 Å². The maximum Gasteiger partial charge on any atom is 0.141 e. The van der Waals surface area contributed by atoms with Gasteiger partial charge in [-0.25, -0.2) is 9.37 Å². The van der Waals surface area contributed by atoms with E-state index in [0.717, 1.165) is 59.7 Å². The number of pyridine rings is 1. The zero-order valence-electron chi connectivity index (χ0n) is 18.2. The second kappa shape index (κ2) is 9.62. The van der Waals surface area contributed by atoms with Crippen molar-refractivity contribution < 1.29 is 9.13 Å². The number of hydrogen-bond acceptors (Lipinski definition) is 4. The molecule has 1 saturated heterocycles. The van der Waals surface area contributed by atoms with Crippen LogP contribution in [0.2, 0.25) is 0 Å². The molecule has 1 fully saturated rings. The maximum atomic E-state index is 14.5. The number of methoxy groups -OCH3 is 1. The van der Waals surface area contributed by atoms with Crippen molar-refractivity contribution in [3.63, 3.8) is 0 Å². The largest absolute Gasteiger partial charge is 0.497 e. The average Bonchev–Trinajstić information content (AvgIpc) is 3.48. The summed E-state index contributed by atoms with van der Waals surface area (Å²) in [5.41, 5.74) is 5.16. The van der Waals surface area contributed by atoms with E-state index in [1.54, 1.807) is 13.2 Å². The van der Waals surface area contributed by atoms with Crippen LogP contribution in [0.4, 0.5) is 4.39 Å². The van der Waals surface area contributed by atoms with Crippen LogP contribution in [0, 0.1) is 23.1 Å². The molecule has 7 heteroatoms. The molecular formula is C26H24ClFN4O. The fourth-order valence-corrected chi connectivity index (χ4v) is 4.38. The van der Waals surface area contributed by atoms with Gasteiger partial charge >= 0.3 is 0 Å². The van der Waals surface area contributed by atoms with Gasteiger partial charge in [-0.05, 0) is 79.5 Å². The molecule has 1 atom stereocenters. The van der Waals surface area contributed by atoms with Crippen molar-refractivity contribution in [2.75, 3.05) is 20.2 Å². The molecule has 5 nitrogen and oxygen atoms in total. The van der Waals surface area contributed by atoms with Crippen LogP contribution >= 0.6 is 12.4 Å². The third kappa shape index (κ3) is 4.43. The molecule has 0 unspecified atom stereocenters. The maximum absolute atomic E-state index is 14.5. The molecule has 4 aromatic rings. The van der Waals surface area contributed by atoms with Gasteiger partial charge in [0.05, 0.1) is 29.4 Å². The number of nitriles is 1. The molecule has 168 valence electrons. The number of ether oxygens (including phenoxy) is 1. The number of hydrogen-bond donors (Lipinski definition) is 1. The molecule has 33 heavy (non-hydrogen) atoms. The molecule has 1 aliphatic heterocycles. The molecule has 3 heterocycles. The highest BCUT2D eigenvalue weighted by Gasteiger charge is 2.18. The van der Waals surface area contributed by atoms with Gasteiger partial charge < -0.3 is 14.6 Å². The minimum absolute atomic E-state index is 0. The number of fused-ring (bicyclic) bond motifs is 1. The van der Waals surface area contributed by atoms with Gasteiger partial charge in [-0.2, -0.15) is 5.26 Å². The van der Waals surface area contributed by atoms with Gasteiger partial charge in [0.15, 0.2) is 0 Å². The third-order valence-electron chi connectivity index (χ3n) is 6.13. The van der Waals surface area contributed by atoms with E-state index in [9.17, 15) is 4.39 Å². The van der Waals surface area contributed by atoms with Crippen molar-refractivity contribution in [3.05, 3.63) is 72.2 Å². The Hall–Kier alpha value is -3.40. The van der Waals surface area contributed by atoms with Crippen molar-refractivity contribution in [2.45, 2.75) is 13.0 Å². The van der Waals surface area contributed by atoms with Gasteiger partial charge in [-0.15, -0.1) is 12.4 Å². The molecule has 0 spiro atoms. The summed E-state index contributed by atoms with van der Waals surface area (Å²) in [6, 6.07) is 18.4. The Balaban J connectivity index is 0.00000259. The minimum Gasteiger partial charge on any atom is -0.497 e. The Kier molecular flexibility index (Phi) is 6.64. The molecule has 1 aliphatic rings. The van der Waals surface area contributed by atoms with Crippen LogP contribution in [0.1, 0.15) is 12.0 Å². The normalized spacial score (nSPS) is 15.2. The molecular weight excluding hydrogens is 439 g/mol. The monoisotopic (exact) mass is 462 g/mol. The van der Waals surface area contributed by atoms with E-state index in [0.29, 0.717) is 11.5 Å². The number of halogens is 2. The molecule has 0 saturated carbocycles. The smallest absolute Gasteiger partial charge is 0.141 e. The summed E-state index contributed by atoms with van der Waals surface area (Å²) in [5, 5.41) is 12.5. The topological polar surface area (TPSA) is 62.9 Å². The summed E-state index contributed by atoms with van der Waals surface area (Å²) in [7, 11) is 1.63. The first kappa shape index (κ1) is 22.8. The first-order valence-electron chi connectivity index (χ1n) is 10.7. The Morgan fingerprint density at radius 3 is 2.61 bits per heavy atom. The van der Waals surface area contributed by atoms with Crippen molar-refractivity contribution in [2.24, 2.45) is 5.92 Å². The predicted molar refractivity (Wildman–Crippen MR) is 130 cm³/mol. The first-order valence-corrected chi connectivity index (χ1v) is 10.7. The second-order valence-corrected chi connectivity index (χ2v) is 8.15. The summed E-state index contributed by atoms with van der Waals surface area (Å²) >= 11 is 0. The molecule has 5 rings (SSSR count). The molecule has 0 radical (unpaired) electrons. The zero-order valence-corrected chi connectivity index (χ0v) is 19.0. The lowest BCUT2D eigenvalue weighted by Gasteiger charge is -2.14. The van der Waals surface area contributed by atoms with E-state index in [1.807, 2.05) is 36.4 Å². The molecule has 0 aliphatic carbocycles. The fourth-order valence-electron chi connectivity index (χ4n) is 4.38. The van der Waals surface area contributed by atoms with Crippen LogP contribution in [-0.2, 0) is 6.54 Å². The average molecular weight is 463 g/mol. The van der Waals surface area contributed by atoms with Crippen LogP contribution in [0.15, 0.2) is 60.8 Å². The fraction of sp³-hybridized carbons (Fsp3) is 0.231. The standard InChI is InChI=1S/C26H23FN4O.ClH/c1-32-21-6-4-18(5-7-21)26-22(19-2-3-20(14-28)23(27)12-19)13-25-24(30-26)9-11-31(25)16-17-8-10-29-15-17;/h2-7,9,11-13,17,29H,8,10,15-16H2,1H3;1H/t17-;/m1./s1. The Labute approximate surface area is 198 Å². The molecule has 1 N–H and O–H groups in total. The van der Waals surface area contributed by atoms with Crippen LogP contribution in [0.5, 0.6) is 5.75 Å². The summed E-state index contributed by atoms with van der Waals surface area (Å²) in [5.74, 6) is 0.818. The highest BCUT2D eigenvalue weighted by Crippen LogP contribution is 2.35. The molecule has 2 aromatic heterocycles. The SMILES string of the molecule is COc1ccc(-c2nc3ccn(C[C@@H]4CCNC4)c3cc2-c2ccc(C#N)c(F)c2)cc1.Cl. The van der Waals surface area contributed by atoms with Gasteiger partial charge in [-0.3, -0.25) is 0 Å². The molecule has 0 bridgehead atoms. The van der Waals surface area contributed by atoms with Crippen molar-refractivity contribution >= 4 is 23.4 Å². The van der Waals surface area contributed by atoms with E-state index >= 15 is 0 Å². The van der Waals surface area contributed by atoms with Crippen LogP contribution < -0.4 is 10.1 Å². The van der Waals surface area contributed by atoms with Crippen molar-refractivity contribution in [3.8, 4) is 34.2 Å². The van der Waals surface area contributed by atoms with Gasteiger partial charge in [0.2, 0.25) is 0 Å². The van der Waals surface area contributed by atoms with Crippen LogP contribution in [-0.4, -0.2) is 29.8 Å². The Morgan fingerprint density at radius 2 is 1.94 bits per heavy atom. The predicted octanol–water partition coefficient (Wildman–Crippen LogP) is 5.42. The van der Waals surface area contributed by atoms with E-state index in [-0.39, 0.29) is 18.0 Å². The van der Waals surface area contributed by atoms with Gasteiger partial charge in [-0.1, -0.05) is 6.07 Å². The Bertz CT molecular complexity index is 1320. The summed E-state index contributed by atoms with van der Waals surface area (Å²) < 4.78 is 22.0. The van der Waals surface area contributed by atoms with Crippen LogP contribution in [0.3, 0.4) is 0 Å². The Morgan fingerprint density at radius 1 is 1.15 bits per heavy atom. The van der Waals surface area contributed by atoms with Gasteiger partial charge in [0.25, 0.3) is 0 Å². The quantitative estimate of drug-likeness (QED) is 0.430. The number of benzene rings is 2. The second-order valence-electron chi connectivity index (χ2n) is 8.15. The number of aromatic nitrogens is 2. The molecule has 0 amide bonds. The van der Waals surface area contributed by atoms with Crippen molar-refractivity contribution in [1.29, 1.82) is 5.26 Å². The highest BCUT2D eigenvalue weighted by molar-refractivity contribution is 5.90. The number of nitrogens with zero attached hydrogens (tertiary/aromatic N) is 3. The summed E-state index contributed by atoms with van der Waals surface area (Å²) in [4.78, 5) is 4.98. The summed E-state index contributed by atoms with van der Waals surface area (Å²) in [6.45, 7) is 2.99. The zero-order chi connectivity index (χ0) is 22.1. The molecule has 2 aromatic carbocycles. The van der Waals surface area contributed by atoms with Crippen LogP contribution in [0.25, 0.3) is 33.4 Å². The lowest BCUT2D eigenvalue weighted by molar-refractivity contribution is 0.415. The third-order valence-corrected chi connectivity index (χ3v) is 6.13. The number of rotatable bonds is 5. The van der Waals surface area contributed by atoms with Gasteiger partial charge in [0.1, 0.15) is 17.6 Å². The van der Waals surface area contributed by atoms with E-state index < -0.39 is 5.82 Å². The lowest BCUT2D eigenvalue weighted by Crippen LogP contribution is -2.14. The van der Waals surface area contributed by atoms with E-state index in [4.69, 9.17) is 15.0 Å². The van der Waals surface area contributed by atoms with Crippen molar-refractivity contribution in [1.82, 2.24) is 14.9 Å². The minimum atomic E-state index is -0.529. The lowest BCUT2D eigenvalue weighted by atomic mass is 9.97. The summed E-state index contributed by atoms with van der Waals surface area (Å²) in [6.07, 6.45) is 3.24. The number of nitrogens with one attached hydrogen (secondary N) is 1. The highest BCUT2D eigenvalue weighted by atomic mass is 35.5. The first-order chi connectivity index (χ1) is 15.7. The van der Waals surface area contributed by atoms with E-state index in [1.165, 1.54) is 12.1 Å². The van der Waals surface area contributed by atoms with Gasteiger partial charge in [0, 0.05) is 23.9 Å².